The fraction of sp³-hybridized carbons (Fsp3) is 0.333. The molecule has 3 heteroatoms. The molecule has 2 nitrogen and oxygen atoms in total. The van der Waals surface area contributed by atoms with Crippen molar-refractivity contribution in [3.63, 3.8) is 0 Å². The van der Waals surface area contributed by atoms with Crippen molar-refractivity contribution in [2.45, 2.75) is 23.2 Å². The van der Waals surface area contributed by atoms with Gasteiger partial charge in [0.1, 0.15) is 0 Å². The Morgan fingerprint density at radius 2 is 2.20 bits per heavy atom. The third-order valence-electron chi connectivity index (χ3n) is 2.31. The standard InChI is InChI=1S/C12H13IN2/c1-12(13)6-5-11(15-9-7-12)10-4-2-3-8-14-10/h4-9H,2-3H2,1H3. The highest BCUT2D eigenvalue weighted by Crippen LogP contribution is 2.24. The summed E-state index contributed by atoms with van der Waals surface area (Å²) in [5, 5.41) is 0. The van der Waals surface area contributed by atoms with Gasteiger partial charge in [0.05, 0.1) is 14.8 Å². The minimum absolute atomic E-state index is 0.0575. The molecule has 0 spiro atoms. The van der Waals surface area contributed by atoms with E-state index < -0.39 is 0 Å². The molecule has 1 unspecified atom stereocenters. The molecule has 0 saturated carbocycles. The smallest absolute Gasteiger partial charge is 0.0879 e. The summed E-state index contributed by atoms with van der Waals surface area (Å²) < 4.78 is 0.0575. The second kappa shape index (κ2) is 4.43. The zero-order valence-corrected chi connectivity index (χ0v) is 10.8. The molecule has 2 rings (SSSR count). The lowest BCUT2D eigenvalue weighted by Crippen LogP contribution is -2.06. The van der Waals surface area contributed by atoms with Crippen LogP contribution in [0.1, 0.15) is 19.8 Å². The van der Waals surface area contributed by atoms with Crippen LogP contribution in [0.5, 0.6) is 0 Å². The molecule has 0 radical (unpaired) electrons. The summed E-state index contributed by atoms with van der Waals surface area (Å²) in [6.07, 6.45) is 14.4. The fourth-order valence-corrected chi connectivity index (χ4v) is 1.78. The quantitative estimate of drug-likeness (QED) is 0.523. The van der Waals surface area contributed by atoms with Crippen LogP contribution in [0.25, 0.3) is 0 Å². The van der Waals surface area contributed by atoms with Gasteiger partial charge in [-0.3, -0.25) is 9.98 Å². The van der Waals surface area contributed by atoms with E-state index in [0.29, 0.717) is 0 Å². The number of hydrogen-bond acceptors (Lipinski definition) is 2. The summed E-state index contributed by atoms with van der Waals surface area (Å²) in [6.45, 7) is 2.15. The van der Waals surface area contributed by atoms with Crippen molar-refractivity contribution in [2.75, 3.05) is 0 Å². The Balaban J connectivity index is 2.25. The van der Waals surface area contributed by atoms with Crippen molar-refractivity contribution in [2.24, 2.45) is 9.98 Å². The first kappa shape index (κ1) is 10.8. The Labute approximate surface area is 104 Å². The average molecular weight is 312 g/mol. The summed E-state index contributed by atoms with van der Waals surface area (Å²) in [6, 6.07) is 0. The third kappa shape index (κ3) is 2.87. The lowest BCUT2D eigenvalue weighted by molar-refractivity contribution is 1.06. The van der Waals surface area contributed by atoms with E-state index in [1.807, 2.05) is 12.4 Å². The first-order valence-electron chi connectivity index (χ1n) is 5.04. The topological polar surface area (TPSA) is 24.7 Å². The second-order valence-corrected chi connectivity index (χ2v) is 6.12. The SMILES string of the molecule is CC1(I)C=CN=C(C2=CCCC=N2)C=C1. The van der Waals surface area contributed by atoms with Crippen LogP contribution in [-0.4, -0.2) is 15.3 Å². The Bertz CT molecular complexity index is 398. The number of hydrogen-bond donors (Lipinski definition) is 0. The normalized spacial score (nSPS) is 29.7. The van der Waals surface area contributed by atoms with Crippen molar-refractivity contribution in [3.8, 4) is 0 Å². The van der Waals surface area contributed by atoms with E-state index in [0.717, 1.165) is 24.3 Å². The molecule has 0 N–H and O–H groups in total. The first-order valence-corrected chi connectivity index (χ1v) is 6.12. The largest absolute Gasteiger partial charge is 0.259 e. The highest BCUT2D eigenvalue weighted by molar-refractivity contribution is 14.1. The zero-order valence-electron chi connectivity index (χ0n) is 8.65. The summed E-state index contributed by atoms with van der Waals surface area (Å²) in [4.78, 5) is 8.77. The molecule has 1 atom stereocenters. The fourth-order valence-electron chi connectivity index (χ4n) is 1.44. The number of allylic oxidation sites excluding steroid dienone is 4. The Morgan fingerprint density at radius 1 is 1.33 bits per heavy atom. The van der Waals surface area contributed by atoms with Gasteiger partial charge in [-0.1, -0.05) is 34.7 Å². The number of aliphatic imine (C=N–C) groups is 2. The van der Waals surface area contributed by atoms with Crippen molar-refractivity contribution in [3.05, 3.63) is 36.2 Å². The van der Waals surface area contributed by atoms with Gasteiger partial charge < -0.3 is 0 Å². The van der Waals surface area contributed by atoms with E-state index in [1.165, 1.54) is 0 Å². The van der Waals surface area contributed by atoms with Crippen LogP contribution in [0.4, 0.5) is 0 Å². The summed E-state index contributed by atoms with van der Waals surface area (Å²) in [5.41, 5.74) is 1.96. The highest BCUT2D eigenvalue weighted by Gasteiger charge is 2.14. The Kier molecular flexibility index (Phi) is 3.19. The highest BCUT2D eigenvalue weighted by atomic mass is 127. The van der Waals surface area contributed by atoms with Gasteiger partial charge in [0, 0.05) is 12.4 Å². The van der Waals surface area contributed by atoms with Crippen LogP contribution in [-0.2, 0) is 0 Å². The monoisotopic (exact) mass is 312 g/mol. The van der Waals surface area contributed by atoms with Crippen molar-refractivity contribution >= 4 is 34.5 Å². The molecule has 0 aromatic rings. The molecule has 2 aliphatic rings. The van der Waals surface area contributed by atoms with Crippen LogP contribution in [0, 0.1) is 0 Å². The molecule has 0 aliphatic carbocycles. The van der Waals surface area contributed by atoms with Crippen LogP contribution < -0.4 is 0 Å². The number of alkyl halides is 1. The van der Waals surface area contributed by atoms with E-state index in [9.17, 15) is 0 Å². The van der Waals surface area contributed by atoms with E-state index in [2.05, 4.69) is 63.8 Å². The molecule has 2 aliphatic heterocycles. The second-order valence-electron chi connectivity index (χ2n) is 3.79. The molecular formula is C12H13IN2. The lowest BCUT2D eigenvalue weighted by atomic mass is 10.1. The third-order valence-corrected chi connectivity index (χ3v) is 3.03. The maximum Gasteiger partial charge on any atom is 0.0879 e. The Morgan fingerprint density at radius 3 is 2.93 bits per heavy atom. The lowest BCUT2D eigenvalue weighted by Gasteiger charge is -2.09. The van der Waals surface area contributed by atoms with E-state index in [4.69, 9.17) is 0 Å². The molecule has 0 aromatic heterocycles. The molecular weight excluding hydrogens is 299 g/mol. The average Bonchev–Trinajstić information content (AvgIpc) is 2.41. The van der Waals surface area contributed by atoms with E-state index in [-0.39, 0.29) is 3.42 Å². The zero-order chi connectivity index (χ0) is 10.7. The van der Waals surface area contributed by atoms with Gasteiger partial charge >= 0.3 is 0 Å². The van der Waals surface area contributed by atoms with Gasteiger partial charge in [0.25, 0.3) is 0 Å². The molecule has 15 heavy (non-hydrogen) atoms. The molecule has 2 heterocycles. The minimum Gasteiger partial charge on any atom is -0.259 e. The predicted molar refractivity (Wildman–Crippen MR) is 73.9 cm³/mol. The molecule has 78 valence electrons. The number of nitrogens with zero attached hydrogens (tertiary/aromatic N) is 2. The van der Waals surface area contributed by atoms with Gasteiger partial charge in [0.2, 0.25) is 0 Å². The molecule has 0 bridgehead atoms. The van der Waals surface area contributed by atoms with Crippen LogP contribution in [0.2, 0.25) is 0 Å². The molecule has 0 saturated heterocycles. The van der Waals surface area contributed by atoms with Gasteiger partial charge in [0.15, 0.2) is 0 Å². The van der Waals surface area contributed by atoms with Crippen molar-refractivity contribution in [1.82, 2.24) is 0 Å². The maximum atomic E-state index is 4.40. The predicted octanol–water partition coefficient (Wildman–Crippen LogP) is 3.45. The molecule has 0 fully saturated rings. The van der Waals surface area contributed by atoms with Crippen LogP contribution in [0.3, 0.4) is 0 Å². The first-order chi connectivity index (χ1) is 7.17. The van der Waals surface area contributed by atoms with Gasteiger partial charge in [-0.25, -0.2) is 0 Å². The minimum atomic E-state index is 0.0575. The van der Waals surface area contributed by atoms with Gasteiger partial charge in [-0.15, -0.1) is 0 Å². The van der Waals surface area contributed by atoms with Crippen LogP contribution in [0.15, 0.2) is 46.2 Å². The van der Waals surface area contributed by atoms with E-state index in [1.54, 1.807) is 0 Å². The number of halogens is 1. The van der Waals surface area contributed by atoms with Gasteiger partial charge in [-0.05, 0) is 31.9 Å². The summed E-state index contributed by atoms with van der Waals surface area (Å²) in [5.74, 6) is 0. The molecule has 0 aromatic carbocycles. The molecule has 0 amide bonds. The summed E-state index contributed by atoms with van der Waals surface area (Å²) >= 11 is 2.39. The van der Waals surface area contributed by atoms with Crippen molar-refractivity contribution < 1.29 is 0 Å². The van der Waals surface area contributed by atoms with Gasteiger partial charge in [-0.2, -0.15) is 0 Å². The maximum absolute atomic E-state index is 4.40. The van der Waals surface area contributed by atoms with Crippen molar-refractivity contribution in [1.29, 1.82) is 0 Å². The van der Waals surface area contributed by atoms with E-state index >= 15 is 0 Å². The number of rotatable bonds is 1. The Hall–Kier alpha value is -0.710. The summed E-state index contributed by atoms with van der Waals surface area (Å²) in [7, 11) is 0. The van der Waals surface area contributed by atoms with Crippen LogP contribution >= 0.6 is 22.6 Å².